The van der Waals surface area contributed by atoms with Crippen LogP contribution in [0.3, 0.4) is 0 Å². The first-order chi connectivity index (χ1) is 72.0. The van der Waals surface area contributed by atoms with Gasteiger partial charge >= 0.3 is 0 Å². The molecule has 9 heteroatoms. The van der Waals surface area contributed by atoms with E-state index >= 15 is 0 Å². The molecular weight excluding hydrogens is 1820 g/mol. The molecule has 0 radical (unpaired) electrons. The molecule has 9 nitrogen and oxygen atoms in total. The van der Waals surface area contributed by atoms with Gasteiger partial charge in [0.15, 0.2) is 17.5 Å². The molecule has 0 saturated carbocycles. The minimum atomic E-state index is 0.000554. The van der Waals surface area contributed by atoms with Crippen LogP contribution in [0.4, 0.5) is 0 Å². The SMILES string of the molecule is CCCCCCn1c2ccc(C#Cc3ccc(-c4nc(-c5ccc(C#Cc6ccc7c(c6)c6cc(-n8c9ccc(C(C)(C)C)cc9c9cc(C(C)(C)C)ccc98)ccc6n7CCCCCC)cc5)nc(-c5ccc(C#Cc6ccc7c(c6)c6cc(-n8c9ccc(C(C)(C)C)cc9c9cc(C(C)(C)C)ccc98)ccc6n7CCCCCC)cc5)n4)cc3)cc2c2cc(-n3c4ccc(C(C)(C)C)cc4c4cc(C(C)(C)C)ccc43)ccc21. The predicted molar refractivity (Wildman–Crippen MR) is 640 cm³/mol. The summed E-state index contributed by atoms with van der Waals surface area (Å²) in [5.41, 5.74) is 34.2. The van der Waals surface area contributed by atoms with Crippen molar-refractivity contribution in [2.75, 3.05) is 0 Å². The summed E-state index contributed by atoms with van der Waals surface area (Å²) < 4.78 is 15.1. The van der Waals surface area contributed by atoms with E-state index in [1.807, 2.05) is 0 Å². The van der Waals surface area contributed by atoms with E-state index in [0.29, 0.717) is 17.5 Å². The van der Waals surface area contributed by atoms with E-state index in [-0.39, 0.29) is 32.5 Å². The molecule has 0 aliphatic heterocycles. The highest BCUT2D eigenvalue weighted by molar-refractivity contribution is 6.16. The zero-order valence-electron chi connectivity index (χ0n) is 91.8. The average molecular weight is 1960 g/mol. The zero-order chi connectivity index (χ0) is 104. The van der Waals surface area contributed by atoms with Gasteiger partial charge in [-0.25, -0.2) is 15.0 Å². The van der Waals surface area contributed by atoms with Crippen molar-refractivity contribution in [1.29, 1.82) is 0 Å². The van der Waals surface area contributed by atoms with Crippen LogP contribution in [0.25, 0.3) is 182 Å². The van der Waals surface area contributed by atoms with Gasteiger partial charge in [-0.3, -0.25) is 0 Å². The Kier molecular flexibility index (Phi) is 25.9. The second kappa shape index (κ2) is 39.1. The van der Waals surface area contributed by atoms with Crippen molar-refractivity contribution in [1.82, 2.24) is 42.4 Å². The molecule has 15 aromatic carbocycles. The molecule has 0 aliphatic rings. The van der Waals surface area contributed by atoms with Crippen molar-refractivity contribution in [2.24, 2.45) is 0 Å². The lowest BCUT2D eigenvalue weighted by atomic mass is 9.85. The minimum Gasteiger partial charge on any atom is -0.340 e. The molecule has 0 unspecified atom stereocenters. The molecule has 22 aromatic rings. The van der Waals surface area contributed by atoms with Gasteiger partial charge in [-0.1, -0.05) is 275 Å². The van der Waals surface area contributed by atoms with Crippen molar-refractivity contribution < 1.29 is 0 Å². The lowest BCUT2D eigenvalue weighted by molar-refractivity contribution is 0.590. The molecule has 7 aromatic heterocycles. The van der Waals surface area contributed by atoms with Gasteiger partial charge in [-0.05, 0) is 340 Å². The number of aryl methyl sites for hydroxylation is 3. The largest absolute Gasteiger partial charge is 0.340 e. The third-order valence-corrected chi connectivity index (χ3v) is 31.6. The predicted octanol–water partition coefficient (Wildman–Crippen LogP) is 37.2. The highest BCUT2D eigenvalue weighted by atomic mass is 15.0. The Morgan fingerprint density at radius 2 is 0.360 bits per heavy atom. The summed E-state index contributed by atoms with van der Waals surface area (Å²) in [6.07, 6.45) is 14.2. The Balaban J connectivity index is 0.609. The van der Waals surface area contributed by atoms with Gasteiger partial charge in [-0.2, -0.15) is 0 Å². The third kappa shape index (κ3) is 19.1. The van der Waals surface area contributed by atoms with Crippen LogP contribution in [0.2, 0.25) is 0 Å². The maximum Gasteiger partial charge on any atom is 0.164 e. The molecule has 0 aliphatic carbocycles. The van der Waals surface area contributed by atoms with Crippen LogP contribution in [0.1, 0.15) is 289 Å². The van der Waals surface area contributed by atoms with E-state index in [4.69, 9.17) is 15.0 Å². The Hall–Kier alpha value is -15.2. The van der Waals surface area contributed by atoms with Gasteiger partial charge in [0.05, 0.1) is 33.1 Å². The number of benzene rings is 15. The molecule has 750 valence electrons. The summed E-state index contributed by atoms with van der Waals surface area (Å²) in [6, 6.07) is 110. The first-order valence-electron chi connectivity index (χ1n) is 55.1. The van der Waals surface area contributed by atoms with E-state index in [1.54, 1.807) is 0 Å². The van der Waals surface area contributed by atoms with Crippen molar-refractivity contribution in [3.05, 3.63) is 358 Å². The maximum absolute atomic E-state index is 5.35. The number of rotatable bonds is 21. The van der Waals surface area contributed by atoms with Crippen LogP contribution in [-0.2, 0) is 52.1 Å². The normalized spacial score (nSPS) is 12.5. The summed E-state index contributed by atoms with van der Waals surface area (Å²) in [5, 5.41) is 15.0. The van der Waals surface area contributed by atoms with E-state index < -0.39 is 0 Å². The summed E-state index contributed by atoms with van der Waals surface area (Å²) in [4.78, 5) is 16.0. The number of fused-ring (bicyclic) bond motifs is 18. The summed E-state index contributed by atoms with van der Waals surface area (Å²) in [5.74, 6) is 23.4. The molecule has 7 heterocycles. The Bertz CT molecular complexity index is 8220. The zero-order valence-corrected chi connectivity index (χ0v) is 91.8. The van der Waals surface area contributed by atoms with E-state index in [2.05, 4.69) is 500 Å². The first-order valence-corrected chi connectivity index (χ1v) is 55.1. The van der Waals surface area contributed by atoms with E-state index in [0.717, 1.165) is 106 Å². The molecule has 0 spiro atoms. The number of hydrogen-bond donors (Lipinski definition) is 0. The molecule has 0 atom stereocenters. The molecule has 0 saturated heterocycles. The van der Waals surface area contributed by atoms with Crippen LogP contribution in [0.15, 0.2) is 291 Å². The fraction of sp³-hybridized carbons (Fsp3) is 0.298. The van der Waals surface area contributed by atoms with E-state index in [1.165, 1.54) is 222 Å². The molecule has 0 N–H and O–H groups in total. The third-order valence-electron chi connectivity index (χ3n) is 31.6. The van der Waals surface area contributed by atoms with Gasteiger partial charge in [-0.15, -0.1) is 0 Å². The highest BCUT2D eigenvalue weighted by Crippen LogP contribution is 2.47. The second-order valence-corrected chi connectivity index (χ2v) is 48.6. The fourth-order valence-electron chi connectivity index (χ4n) is 22.7. The topological polar surface area (TPSA) is 68.2 Å². The van der Waals surface area contributed by atoms with Crippen LogP contribution in [0.5, 0.6) is 0 Å². The highest BCUT2D eigenvalue weighted by Gasteiger charge is 2.29. The first kappa shape index (κ1) is 99.4. The number of aromatic nitrogens is 9. The van der Waals surface area contributed by atoms with Gasteiger partial charge in [0, 0.05) is 185 Å². The van der Waals surface area contributed by atoms with Crippen LogP contribution < -0.4 is 0 Å². The quantitative estimate of drug-likeness (QED) is 0.0532. The Morgan fingerprint density at radius 1 is 0.180 bits per heavy atom. The lowest BCUT2D eigenvalue weighted by Gasteiger charge is -2.19. The lowest BCUT2D eigenvalue weighted by Crippen LogP contribution is -2.10. The Labute approximate surface area is 886 Å². The molecule has 0 fully saturated rings. The minimum absolute atomic E-state index is 0.000554. The van der Waals surface area contributed by atoms with Gasteiger partial charge in [0.1, 0.15) is 0 Å². The van der Waals surface area contributed by atoms with Crippen LogP contribution in [-0.4, -0.2) is 42.4 Å². The van der Waals surface area contributed by atoms with Crippen LogP contribution >= 0.6 is 0 Å². The smallest absolute Gasteiger partial charge is 0.164 e. The monoisotopic (exact) mass is 1960 g/mol. The van der Waals surface area contributed by atoms with Crippen molar-refractivity contribution in [2.45, 2.75) is 275 Å². The Morgan fingerprint density at radius 3 is 0.567 bits per heavy atom. The summed E-state index contributed by atoms with van der Waals surface area (Å²) in [6.45, 7) is 51.3. The fourth-order valence-corrected chi connectivity index (χ4v) is 22.7. The van der Waals surface area contributed by atoms with Crippen molar-refractivity contribution in [3.63, 3.8) is 0 Å². The molecule has 0 amide bonds. The standard InChI is InChI=1S/C141H141N9/c1-22-25-28-31-76-145-121-64-46-94(79-109(121)118-88-106(61-73-124(118)145)148-127-67-55-100(136(4,5)6)82-112(127)113-83-101(137(7,8)9)56-68-128(113)148)37-34-91-40-49-97(50-41-91)133-142-134(98-51-42-92(43-52-98)35-38-95-47-65-122-110(80-95)119-89-107(62-74-125(119)146(122)77-32-29-26-23-2)149-129-69-57-102(138(10,11)12)84-114(129)115-85-103(139(13,14)15)58-70-130(115)149)144-135(143-133)99-53-44-93(45-54-99)36-39-96-48-66-123-111(81-96)120-90-108(63-75-126(120)147(123)78-33-30-27-24-3)150-131-71-59-104(140(16,17)18)86-116(131)117-87-105(141(19,20)21)60-72-132(117)150/h40-75,79-90H,22-33,76-78H2,1-21H3. The van der Waals surface area contributed by atoms with Crippen LogP contribution in [0, 0.1) is 35.5 Å². The number of nitrogens with zero attached hydrogens (tertiary/aromatic N) is 9. The molecule has 22 rings (SSSR count). The molecule has 150 heavy (non-hydrogen) atoms. The van der Waals surface area contributed by atoms with Gasteiger partial charge < -0.3 is 27.4 Å². The average Bonchev–Trinajstić information content (AvgIpc) is 1.57. The van der Waals surface area contributed by atoms with Crippen molar-refractivity contribution in [3.8, 4) is 86.7 Å². The number of hydrogen-bond acceptors (Lipinski definition) is 3. The second-order valence-electron chi connectivity index (χ2n) is 48.6. The summed E-state index contributed by atoms with van der Waals surface area (Å²) in [7, 11) is 0. The molecular formula is C141H141N9. The summed E-state index contributed by atoms with van der Waals surface area (Å²) >= 11 is 0. The number of unbranched alkanes of at least 4 members (excludes halogenated alkanes) is 9. The molecule has 0 bridgehead atoms. The van der Waals surface area contributed by atoms with Crippen molar-refractivity contribution >= 4 is 131 Å². The van der Waals surface area contributed by atoms with E-state index in [9.17, 15) is 0 Å². The maximum atomic E-state index is 5.35. The van der Waals surface area contributed by atoms with Gasteiger partial charge in [0.2, 0.25) is 0 Å². The van der Waals surface area contributed by atoms with Gasteiger partial charge in [0.25, 0.3) is 0 Å².